The molecule has 21 heavy (non-hydrogen) atoms. The van der Waals surface area contributed by atoms with Crippen LogP contribution >= 0.6 is 11.6 Å². The maximum absolute atomic E-state index is 13.5. The first-order valence-electron chi connectivity index (χ1n) is 5.64. The lowest BCUT2D eigenvalue weighted by Crippen LogP contribution is -2.18. The summed E-state index contributed by atoms with van der Waals surface area (Å²) in [5, 5.41) is 2.25. The molecule has 0 aromatic heterocycles. The highest BCUT2D eigenvalue weighted by Crippen LogP contribution is 2.24. The summed E-state index contributed by atoms with van der Waals surface area (Å²) in [7, 11) is 0. The molecule has 2 aromatic carbocycles. The van der Waals surface area contributed by atoms with Gasteiger partial charge in [-0.15, -0.1) is 0 Å². The van der Waals surface area contributed by atoms with E-state index in [9.17, 15) is 18.0 Å². The Kier molecular flexibility index (Phi) is 4.35. The quantitative estimate of drug-likeness (QED) is 0.601. The lowest BCUT2D eigenvalue weighted by molar-refractivity contribution is 0.102. The number of hydrazine groups is 1. The monoisotopic (exact) mass is 315 g/mol. The lowest BCUT2D eigenvalue weighted by atomic mass is 10.1. The highest BCUT2D eigenvalue weighted by Gasteiger charge is 2.17. The predicted molar refractivity (Wildman–Crippen MR) is 73.5 cm³/mol. The van der Waals surface area contributed by atoms with Crippen LogP contribution < -0.4 is 16.6 Å². The van der Waals surface area contributed by atoms with Gasteiger partial charge in [0.2, 0.25) is 0 Å². The van der Waals surface area contributed by atoms with Gasteiger partial charge in [0, 0.05) is 17.2 Å². The fourth-order valence-electron chi connectivity index (χ4n) is 1.67. The van der Waals surface area contributed by atoms with Crippen molar-refractivity contribution < 1.29 is 18.0 Å². The molecule has 0 aliphatic carbocycles. The summed E-state index contributed by atoms with van der Waals surface area (Å²) in [5.41, 5.74) is 1.69. The standard InChI is InChI=1S/C13H9ClF3N3O/c14-6-1-2-11(20-18)8(3-6)13(21)19-12-9(16)4-7(15)5-10(12)17/h1-5,20H,18H2,(H,19,21). The number of carbonyl (C=O) groups excluding carboxylic acids is 1. The van der Waals surface area contributed by atoms with Crippen molar-refractivity contribution >= 4 is 28.9 Å². The molecular weight excluding hydrogens is 307 g/mol. The van der Waals surface area contributed by atoms with E-state index in [1.807, 2.05) is 5.32 Å². The van der Waals surface area contributed by atoms with E-state index in [0.29, 0.717) is 12.1 Å². The predicted octanol–water partition coefficient (Wildman–Crippen LogP) is 3.30. The van der Waals surface area contributed by atoms with Gasteiger partial charge in [-0.25, -0.2) is 13.2 Å². The summed E-state index contributed by atoms with van der Waals surface area (Å²) in [6, 6.07) is 5.09. The summed E-state index contributed by atoms with van der Waals surface area (Å²) >= 11 is 5.76. The summed E-state index contributed by atoms with van der Waals surface area (Å²) in [6.07, 6.45) is 0. The first-order chi connectivity index (χ1) is 9.92. The number of nitrogens with two attached hydrogens (primary N) is 1. The zero-order chi connectivity index (χ0) is 15.6. The second-order valence-electron chi connectivity index (χ2n) is 4.03. The van der Waals surface area contributed by atoms with Crippen LogP contribution in [0.2, 0.25) is 5.02 Å². The minimum atomic E-state index is -1.23. The molecule has 0 unspecified atom stereocenters. The number of hydrogen-bond donors (Lipinski definition) is 3. The van der Waals surface area contributed by atoms with Gasteiger partial charge in [0.15, 0.2) is 11.6 Å². The average Bonchev–Trinajstić information content (AvgIpc) is 2.42. The molecule has 0 aliphatic heterocycles. The normalized spacial score (nSPS) is 10.3. The van der Waals surface area contributed by atoms with E-state index in [2.05, 4.69) is 5.43 Å². The number of rotatable bonds is 3. The maximum Gasteiger partial charge on any atom is 0.258 e. The van der Waals surface area contributed by atoms with Crippen LogP contribution in [0.5, 0.6) is 0 Å². The Morgan fingerprint density at radius 1 is 1.10 bits per heavy atom. The van der Waals surface area contributed by atoms with Gasteiger partial charge in [0.25, 0.3) is 5.91 Å². The van der Waals surface area contributed by atoms with Crippen LogP contribution in [0.3, 0.4) is 0 Å². The second-order valence-corrected chi connectivity index (χ2v) is 4.47. The second kappa shape index (κ2) is 6.02. The number of hydrogen-bond acceptors (Lipinski definition) is 3. The minimum absolute atomic E-state index is 0.0203. The smallest absolute Gasteiger partial charge is 0.258 e. The molecule has 0 saturated carbocycles. The van der Waals surface area contributed by atoms with Crippen LogP contribution in [0, 0.1) is 17.5 Å². The number of nitrogens with one attached hydrogen (secondary N) is 2. The van der Waals surface area contributed by atoms with Gasteiger partial charge < -0.3 is 10.7 Å². The van der Waals surface area contributed by atoms with Gasteiger partial charge in [-0.2, -0.15) is 0 Å². The third-order valence-electron chi connectivity index (χ3n) is 2.63. The van der Waals surface area contributed by atoms with E-state index in [1.54, 1.807) is 0 Å². The molecule has 110 valence electrons. The minimum Gasteiger partial charge on any atom is -0.323 e. The fraction of sp³-hybridized carbons (Fsp3) is 0. The van der Waals surface area contributed by atoms with Crippen LogP contribution in [-0.4, -0.2) is 5.91 Å². The van der Waals surface area contributed by atoms with Crippen molar-refractivity contribution in [3.05, 3.63) is 58.4 Å². The molecule has 0 saturated heterocycles. The van der Waals surface area contributed by atoms with Gasteiger partial charge in [-0.1, -0.05) is 11.6 Å². The van der Waals surface area contributed by atoms with E-state index in [4.69, 9.17) is 17.4 Å². The van der Waals surface area contributed by atoms with Crippen LogP contribution in [0.4, 0.5) is 24.5 Å². The molecule has 0 fully saturated rings. The molecule has 0 atom stereocenters. The highest BCUT2D eigenvalue weighted by molar-refractivity contribution is 6.31. The molecule has 0 heterocycles. The van der Waals surface area contributed by atoms with Gasteiger partial charge >= 0.3 is 0 Å². The largest absolute Gasteiger partial charge is 0.323 e. The summed E-state index contributed by atoms with van der Waals surface area (Å²) < 4.78 is 39.8. The Labute approximate surface area is 122 Å². The number of halogens is 4. The summed E-state index contributed by atoms with van der Waals surface area (Å²) in [5.74, 6) is 0.838. The fourth-order valence-corrected chi connectivity index (χ4v) is 1.84. The van der Waals surface area contributed by atoms with Gasteiger partial charge in [-0.3, -0.25) is 10.6 Å². The van der Waals surface area contributed by atoms with Crippen molar-refractivity contribution in [2.45, 2.75) is 0 Å². The number of nitrogen functional groups attached to an aromatic ring is 1. The molecule has 0 spiro atoms. The van der Waals surface area contributed by atoms with Gasteiger partial charge in [-0.05, 0) is 18.2 Å². The summed E-state index contributed by atoms with van der Waals surface area (Å²) in [6.45, 7) is 0. The molecule has 1 amide bonds. The summed E-state index contributed by atoms with van der Waals surface area (Å²) in [4.78, 5) is 12.0. The molecule has 0 bridgehead atoms. The Hall–Kier alpha value is -2.25. The third kappa shape index (κ3) is 3.26. The SMILES string of the molecule is NNc1ccc(Cl)cc1C(=O)Nc1c(F)cc(F)cc1F. The number of benzene rings is 2. The van der Waals surface area contributed by atoms with Crippen molar-refractivity contribution in [1.82, 2.24) is 0 Å². The number of amides is 1. The Morgan fingerprint density at radius 2 is 1.71 bits per heavy atom. The third-order valence-corrected chi connectivity index (χ3v) is 2.86. The lowest BCUT2D eigenvalue weighted by Gasteiger charge is -2.11. The van der Waals surface area contributed by atoms with Crippen LogP contribution in [0.1, 0.15) is 10.4 Å². The topological polar surface area (TPSA) is 67.1 Å². The van der Waals surface area contributed by atoms with Gasteiger partial charge in [0.1, 0.15) is 11.5 Å². The van der Waals surface area contributed by atoms with E-state index in [-0.39, 0.29) is 16.3 Å². The highest BCUT2D eigenvalue weighted by atomic mass is 35.5. The molecule has 2 rings (SSSR count). The molecule has 2 aromatic rings. The van der Waals surface area contributed by atoms with Crippen LogP contribution in [0.25, 0.3) is 0 Å². The maximum atomic E-state index is 13.5. The number of anilines is 2. The van der Waals surface area contributed by atoms with Crippen molar-refractivity contribution in [2.24, 2.45) is 5.84 Å². The van der Waals surface area contributed by atoms with Crippen LogP contribution in [0.15, 0.2) is 30.3 Å². The molecule has 4 nitrogen and oxygen atoms in total. The van der Waals surface area contributed by atoms with E-state index < -0.39 is 29.0 Å². The zero-order valence-electron chi connectivity index (χ0n) is 10.4. The van der Waals surface area contributed by atoms with Gasteiger partial charge in [0.05, 0.1) is 11.3 Å². The Bertz CT molecular complexity index is 686. The molecular formula is C13H9ClF3N3O. The first kappa shape index (κ1) is 15.1. The van der Waals surface area contributed by atoms with E-state index in [1.165, 1.54) is 18.2 Å². The molecule has 0 radical (unpaired) electrons. The molecule has 0 aliphatic rings. The Morgan fingerprint density at radius 3 is 2.29 bits per heavy atom. The van der Waals surface area contributed by atoms with E-state index in [0.717, 1.165) is 0 Å². The average molecular weight is 316 g/mol. The Balaban J connectivity index is 2.37. The zero-order valence-corrected chi connectivity index (χ0v) is 11.1. The first-order valence-corrected chi connectivity index (χ1v) is 6.02. The van der Waals surface area contributed by atoms with Crippen molar-refractivity contribution in [3.8, 4) is 0 Å². The van der Waals surface area contributed by atoms with Crippen molar-refractivity contribution in [2.75, 3.05) is 10.7 Å². The van der Waals surface area contributed by atoms with E-state index >= 15 is 0 Å². The number of carbonyl (C=O) groups is 1. The van der Waals surface area contributed by atoms with Crippen molar-refractivity contribution in [3.63, 3.8) is 0 Å². The van der Waals surface area contributed by atoms with Crippen LogP contribution in [-0.2, 0) is 0 Å². The molecule has 8 heteroatoms. The molecule has 4 N–H and O–H groups in total. The van der Waals surface area contributed by atoms with Crippen molar-refractivity contribution in [1.29, 1.82) is 0 Å².